The molecular formula is C22H27NO5. The summed E-state index contributed by atoms with van der Waals surface area (Å²) in [6.45, 7) is 0.471. The minimum atomic E-state index is -0.616. The predicted octanol–water partition coefficient (Wildman–Crippen LogP) is 2.17. The van der Waals surface area contributed by atoms with Gasteiger partial charge in [-0.2, -0.15) is 0 Å². The van der Waals surface area contributed by atoms with Gasteiger partial charge in [0, 0.05) is 19.1 Å². The Bertz CT molecular complexity index is 724. The van der Waals surface area contributed by atoms with Crippen LogP contribution >= 0.6 is 0 Å². The summed E-state index contributed by atoms with van der Waals surface area (Å²) in [5.74, 6) is -0.0125. The molecule has 0 amide bonds. The molecule has 1 aliphatic heterocycles. The Kier molecular flexibility index (Phi) is 7.71. The van der Waals surface area contributed by atoms with Crippen molar-refractivity contribution in [3.63, 3.8) is 0 Å². The maximum atomic E-state index is 12.5. The van der Waals surface area contributed by atoms with Crippen molar-refractivity contribution in [1.82, 2.24) is 5.32 Å². The second-order valence-electron chi connectivity index (χ2n) is 6.81. The van der Waals surface area contributed by atoms with Crippen molar-refractivity contribution >= 4 is 5.78 Å². The van der Waals surface area contributed by atoms with Crippen LogP contribution in [0.5, 0.6) is 0 Å². The number of ketones is 1. The van der Waals surface area contributed by atoms with Crippen molar-refractivity contribution in [3.8, 4) is 0 Å². The monoisotopic (exact) mass is 385 g/mol. The van der Waals surface area contributed by atoms with Gasteiger partial charge in [0.25, 0.3) is 0 Å². The molecule has 6 nitrogen and oxygen atoms in total. The van der Waals surface area contributed by atoms with Gasteiger partial charge < -0.3 is 24.6 Å². The number of rotatable bonds is 9. The van der Waals surface area contributed by atoms with Gasteiger partial charge in [-0.1, -0.05) is 60.7 Å². The lowest BCUT2D eigenvalue weighted by atomic mass is 9.99. The van der Waals surface area contributed by atoms with Gasteiger partial charge in [0.15, 0.2) is 12.1 Å². The summed E-state index contributed by atoms with van der Waals surface area (Å²) >= 11 is 0. The first-order chi connectivity index (χ1) is 13.7. The molecule has 2 aromatic carbocycles. The Labute approximate surface area is 165 Å². The normalized spacial score (nSPS) is 24.8. The van der Waals surface area contributed by atoms with Crippen LogP contribution in [0.3, 0.4) is 0 Å². The summed E-state index contributed by atoms with van der Waals surface area (Å²) in [6.07, 6.45) is -0.733. The number of carbonyl (C=O) groups excluding carboxylic acids is 1. The summed E-state index contributed by atoms with van der Waals surface area (Å²) in [7, 11) is 1.55. The van der Waals surface area contributed by atoms with Crippen LogP contribution in [-0.4, -0.2) is 55.7 Å². The van der Waals surface area contributed by atoms with Gasteiger partial charge >= 0.3 is 0 Å². The molecule has 0 saturated carbocycles. The topological polar surface area (TPSA) is 77.0 Å². The summed E-state index contributed by atoms with van der Waals surface area (Å²) in [5, 5.41) is 12.8. The Morgan fingerprint density at radius 2 is 1.82 bits per heavy atom. The number of benzene rings is 2. The van der Waals surface area contributed by atoms with E-state index in [9.17, 15) is 9.90 Å². The van der Waals surface area contributed by atoms with E-state index in [4.69, 9.17) is 14.2 Å². The van der Waals surface area contributed by atoms with Gasteiger partial charge in [-0.25, -0.2) is 0 Å². The molecule has 2 aromatic rings. The van der Waals surface area contributed by atoms with E-state index in [0.717, 1.165) is 5.56 Å². The maximum Gasteiger partial charge on any atom is 0.176 e. The number of methoxy groups -OCH3 is 1. The number of hydrogen-bond donors (Lipinski definition) is 2. The lowest BCUT2D eigenvalue weighted by Crippen LogP contribution is -2.58. The van der Waals surface area contributed by atoms with Gasteiger partial charge in [-0.3, -0.25) is 4.79 Å². The van der Waals surface area contributed by atoms with Crippen LogP contribution in [0.15, 0.2) is 60.7 Å². The lowest BCUT2D eigenvalue weighted by molar-refractivity contribution is -0.235. The molecule has 3 unspecified atom stereocenters. The third kappa shape index (κ3) is 5.47. The molecule has 0 aromatic heterocycles. The van der Waals surface area contributed by atoms with Gasteiger partial charge in [-0.05, 0) is 5.56 Å². The van der Waals surface area contributed by atoms with Crippen molar-refractivity contribution in [3.05, 3.63) is 71.8 Å². The second-order valence-corrected chi connectivity index (χ2v) is 6.81. The van der Waals surface area contributed by atoms with E-state index >= 15 is 0 Å². The molecule has 28 heavy (non-hydrogen) atoms. The first-order valence-corrected chi connectivity index (χ1v) is 9.47. The van der Waals surface area contributed by atoms with Crippen LogP contribution < -0.4 is 5.32 Å². The quantitative estimate of drug-likeness (QED) is 0.645. The Morgan fingerprint density at radius 3 is 2.46 bits per heavy atom. The lowest BCUT2D eigenvalue weighted by Gasteiger charge is -2.41. The molecular weight excluding hydrogens is 358 g/mol. The Balaban J connectivity index is 1.66. The Morgan fingerprint density at radius 1 is 1.14 bits per heavy atom. The van der Waals surface area contributed by atoms with Crippen LogP contribution in [0.25, 0.3) is 0 Å². The minimum Gasteiger partial charge on any atom is -0.394 e. The number of hydrogen-bond acceptors (Lipinski definition) is 6. The molecule has 0 spiro atoms. The number of ether oxygens (including phenoxy) is 3. The third-order valence-electron chi connectivity index (χ3n) is 4.85. The van der Waals surface area contributed by atoms with E-state index in [0.29, 0.717) is 18.6 Å². The van der Waals surface area contributed by atoms with Crippen LogP contribution in [0, 0.1) is 0 Å². The molecule has 1 fully saturated rings. The zero-order valence-electron chi connectivity index (χ0n) is 16.0. The molecule has 4 atom stereocenters. The minimum absolute atomic E-state index is 0.0125. The fourth-order valence-electron chi connectivity index (χ4n) is 3.34. The molecule has 1 heterocycles. The van der Waals surface area contributed by atoms with E-state index in [1.54, 1.807) is 19.2 Å². The molecule has 0 radical (unpaired) electrons. The molecule has 2 N–H and O–H groups in total. The van der Waals surface area contributed by atoms with E-state index in [2.05, 4.69) is 5.32 Å². The maximum absolute atomic E-state index is 12.5. The third-order valence-corrected chi connectivity index (χ3v) is 4.85. The van der Waals surface area contributed by atoms with Crippen molar-refractivity contribution in [2.24, 2.45) is 0 Å². The number of Topliss-reactive ketones (excluding diaryl/α,β-unsaturated/α-hetero) is 1. The Hall–Kier alpha value is -2.09. The van der Waals surface area contributed by atoms with E-state index in [1.165, 1.54) is 0 Å². The molecule has 3 rings (SSSR count). The van der Waals surface area contributed by atoms with Crippen molar-refractivity contribution < 1.29 is 24.1 Å². The van der Waals surface area contributed by atoms with Crippen molar-refractivity contribution in [2.45, 2.75) is 37.6 Å². The van der Waals surface area contributed by atoms with Crippen LogP contribution in [0.2, 0.25) is 0 Å². The molecule has 1 saturated heterocycles. The first-order valence-electron chi connectivity index (χ1n) is 9.47. The standard InChI is InChI=1S/C22H27NO5/c1-26-22-21(23-13-19(25)17-10-6-3-7-11-17)20(12-18(14-24)28-22)27-15-16-8-4-2-5-9-16/h2-11,18,20-24H,12-15H2,1H3/t18?,20?,21?,22-/m0/s1. The summed E-state index contributed by atoms with van der Waals surface area (Å²) in [4.78, 5) is 12.5. The number of nitrogens with one attached hydrogen (secondary N) is 1. The van der Waals surface area contributed by atoms with Crippen molar-refractivity contribution in [2.75, 3.05) is 20.3 Å². The van der Waals surface area contributed by atoms with E-state index < -0.39 is 6.29 Å². The SMILES string of the molecule is CO[C@H]1OC(CO)CC(OCc2ccccc2)C1NCC(=O)c1ccccc1. The highest BCUT2D eigenvalue weighted by atomic mass is 16.7. The molecule has 150 valence electrons. The van der Waals surface area contributed by atoms with Gasteiger partial charge in [-0.15, -0.1) is 0 Å². The molecule has 0 bridgehead atoms. The molecule has 6 heteroatoms. The van der Waals surface area contributed by atoms with Crippen LogP contribution in [0.1, 0.15) is 22.3 Å². The van der Waals surface area contributed by atoms with E-state index in [-0.39, 0.29) is 37.2 Å². The highest BCUT2D eigenvalue weighted by Crippen LogP contribution is 2.24. The van der Waals surface area contributed by atoms with E-state index in [1.807, 2.05) is 48.5 Å². The second kappa shape index (κ2) is 10.5. The summed E-state index contributed by atoms with van der Waals surface area (Å²) < 4.78 is 17.4. The van der Waals surface area contributed by atoms with Crippen LogP contribution in [0.4, 0.5) is 0 Å². The summed E-state index contributed by atoms with van der Waals surface area (Å²) in [5.41, 5.74) is 1.71. The zero-order chi connectivity index (χ0) is 19.8. The average Bonchev–Trinajstić information content (AvgIpc) is 2.77. The van der Waals surface area contributed by atoms with Gasteiger partial charge in [0.1, 0.15) is 0 Å². The molecule has 1 aliphatic rings. The smallest absolute Gasteiger partial charge is 0.176 e. The van der Waals surface area contributed by atoms with Gasteiger partial charge in [0.05, 0.1) is 38.0 Å². The predicted molar refractivity (Wildman–Crippen MR) is 105 cm³/mol. The van der Waals surface area contributed by atoms with Gasteiger partial charge in [0.2, 0.25) is 0 Å². The molecule has 0 aliphatic carbocycles. The fourth-order valence-corrected chi connectivity index (χ4v) is 3.34. The highest BCUT2D eigenvalue weighted by molar-refractivity contribution is 5.97. The highest BCUT2D eigenvalue weighted by Gasteiger charge is 2.39. The number of aliphatic hydroxyl groups is 1. The summed E-state index contributed by atoms with van der Waals surface area (Å²) in [6, 6.07) is 18.7. The number of aliphatic hydroxyl groups excluding tert-OH is 1. The van der Waals surface area contributed by atoms with Crippen molar-refractivity contribution in [1.29, 1.82) is 0 Å². The zero-order valence-corrected chi connectivity index (χ0v) is 16.0. The van der Waals surface area contributed by atoms with Crippen LogP contribution in [-0.2, 0) is 20.8 Å². The number of carbonyl (C=O) groups is 1. The largest absolute Gasteiger partial charge is 0.394 e. The average molecular weight is 385 g/mol. The fraction of sp³-hybridized carbons (Fsp3) is 0.409. The first kappa shape index (κ1) is 20.6.